The fourth-order valence-electron chi connectivity index (χ4n) is 3.38. The molecule has 0 bridgehead atoms. The second-order valence-electron chi connectivity index (χ2n) is 8.41. The molecule has 2 heterocycles. The van der Waals surface area contributed by atoms with Gasteiger partial charge in [-0.2, -0.15) is 10.1 Å². The molecule has 1 amide bonds. The molecule has 3 aromatic rings. The van der Waals surface area contributed by atoms with E-state index in [-0.39, 0.29) is 35.2 Å². The average Bonchev–Trinajstić information content (AvgIpc) is 3.51. The maximum Gasteiger partial charge on any atom is 0.279 e. The van der Waals surface area contributed by atoms with Gasteiger partial charge in [-0.15, -0.1) is 0 Å². The van der Waals surface area contributed by atoms with Crippen LogP contribution in [0, 0.1) is 0 Å². The van der Waals surface area contributed by atoms with Crippen molar-refractivity contribution in [2.24, 2.45) is 0 Å². The smallest absolute Gasteiger partial charge is 0.279 e. The molecule has 170 valence electrons. The molecule has 1 aliphatic rings. The highest BCUT2D eigenvalue weighted by molar-refractivity contribution is 7.93. The first-order chi connectivity index (χ1) is 15.2. The summed E-state index contributed by atoms with van der Waals surface area (Å²) in [4.78, 5) is 29.2. The topological polar surface area (TPSA) is 137 Å². The normalized spacial score (nSPS) is 15.2. The number of hydrogen-bond acceptors (Lipinski definition) is 8. The summed E-state index contributed by atoms with van der Waals surface area (Å²) < 4.78 is 30.7. The Balaban J connectivity index is 1.53. The first-order valence-electron chi connectivity index (χ1n) is 10.5. The molecule has 4 rings (SSSR count). The molecule has 11 heteroatoms. The van der Waals surface area contributed by atoms with Gasteiger partial charge in [0.1, 0.15) is 5.75 Å². The number of carbonyl (C=O) groups excluding carboxylic acids is 1. The standard InChI is InChI=1S/C21H25N5O5S/c1-12(2)26-21(28)16-7-5-4-6-15(16)18(24-26)20-23-19(25-31-20)13(3)10-22-17(27)11-32(29,30)14-8-9-14/h4-7,12-14H,8-11H2,1-3H3,(H,22,27). The third-order valence-electron chi connectivity index (χ3n) is 5.37. The summed E-state index contributed by atoms with van der Waals surface area (Å²) in [5.74, 6) is -0.848. The Labute approximate surface area is 184 Å². The minimum Gasteiger partial charge on any atom is -0.354 e. The van der Waals surface area contributed by atoms with Crippen LogP contribution in [0.4, 0.5) is 0 Å². The van der Waals surface area contributed by atoms with Crippen LogP contribution < -0.4 is 10.9 Å². The van der Waals surface area contributed by atoms with E-state index >= 15 is 0 Å². The lowest BCUT2D eigenvalue weighted by Crippen LogP contribution is -2.34. The van der Waals surface area contributed by atoms with E-state index in [0.29, 0.717) is 35.1 Å². The molecule has 0 spiro atoms. The molecule has 1 atom stereocenters. The summed E-state index contributed by atoms with van der Waals surface area (Å²) in [7, 11) is -3.36. The summed E-state index contributed by atoms with van der Waals surface area (Å²) in [6.45, 7) is 5.68. The minimum atomic E-state index is -3.36. The molecule has 1 aliphatic carbocycles. The van der Waals surface area contributed by atoms with Crippen molar-refractivity contribution in [1.82, 2.24) is 25.2 Å². The largest absolute Gasteiger partial charge is 0.354 e. The van der Waals surface area contributed by atoms with Crippen molar-refractivity contribution in [1.29, 1.82) is 0 Å². The van der Waals surface area contributed by atoms with Crippen LogP contribution in [0.2, 0.25) is 0 Å². The van der Waals surface area contributed by atoms with Gasteiger partial charge in [-0.1, -0.05) is 30.3 Å². The number of rotatable bonds is 8. The van der Waals surface area contributed by atoms with E-state index in [0.717, 1.165) is 0 Å². The van der Waals surface area contributed by atoms with Crippen LogP contribution >= 0.6 is 0 Å². The van der Waals surface area contributed by atoms with Gasteiger partial charge in [0.2, 0.25) is 5.91 Å². The van der Waals surface area contributed by atoms with Crippen molar-refractivity contribution in [2.75, 3.05) is 12.3 Å². The third-order valence-corrected chi connectivity index (χ3v) is 7.52. The molecule has 1 unspecified atom stereocenters. The lowest BCUT2D eigenvalue weighted by Gasteiger charge is -2.11. The van der Waals surface area contributed by atoms with E-state index in [4.69, 9.17) is 4.52 Å². The molecule has 1 saturated carbocycles. The number of benzene rings is 1. The molecule has 1 fully saturated rings. The van der Waals surface area contributed by atoms with E-state index in [1.54, 1.807) is 31.2 Å². The summed E-state index contributed by atoms with van der Waals surface area (Å²) in [5.41, 5.74) is 0.204. The van der Waals surface area contributed by atoms with Crippen molar-refractivity contribution >= 4 is 26.5 Å². The van der Waals surface area contributed by atoms with E-state index in [9.17, 15) is 18.0 Å². The molecule has 0 saturated heterocycles. The van der Waals surface area contributed by atoms with Crippen LogP contribution in [-0.2, 0) is 14.6 Å². The first kappa shape index (κ1) is 22.1. The summed E-state index contributed by atoms with van der Waals surface area (Å²) in [6, 6.07) is 6.93. The number of amides is 1. The molecule has 10 nitrogen and oxygen atoms in total. The van der Waals surface area contributed by atoms with Gasteiger partial charge >= 0.3 is 0 Å². The fourth-order valence-corrected chi connectivity index (χ4v) is 4.94. The average molecular weight is 460 g/mol. The van der Waals surface area contributed by atoms with Crippen molar-refractivity contribution in [3.05, 3.63) is 40.4 Å². The number of hydrogen-bond donors (Lipinski definition) is 1. The van der Waals surface area contributed by atoms with Gasteiger partial charge in [-0.3, -0.25) is 9.59 Å². The Kier molecular flexibility index (Phi) is 5.85. The van der Waals surface area contributed by atoms with Crippen LogP contribution in [-0.4, -0.2) is 51.8 Å². The molecule has 32 heavy (non-hydrogen) atoms. The van der Waals surface area contributed by atoms with Gasteiger partial charge in [-0.25, -0.2) is 13.1 Å². The van der Waals surface area contributed by atoms with Crippen molar-refractivity contribution in [3.63, 3.8) is 0 Å². The van der Waals surface area contributed by atoms with Crippen LogP contribution in [0.15, 0.2) is 33.6 Å². The second kappa shape index (κ2) is 8.45. The molecular weight excluding hydrogens is 434 g/mol. The number of carbonyl (C=O) groups is 1. The highest BCUT2D eigenvalue weighted by Gasteiger charge is 2.37. The molecule has 2 aromatic heterocycles. The van der Waals surface area contributed by atoms with Gasteiger partial charge in [0.15, 0.2) is 21.4 Å². The molecule has 1 aromatic carbocycles. The Bertz CT molecular complexity index is 1320. The van der Waals surface area contributed by atoms with Gasteiger partial charge in [-0.05, 0) is 32.8 Å². The van der Waals surface area contributed by atoms with E-state index in [2.05, 4.69) is 20.6 Å². The number of nitrogens with zero attached hydrogens (tertiary/aromatic N) is 4. The quantitative estimate of drug-likeness (QED) is 0.538. The van der Waals surface area contributed by atoms with Gasteiger partial charge in [0.25, 0.3) is 11.4 Å². The monoisotopic (exact) mass is 459 g/mol. The second-order valence-corrected chi connectivity index (χ2v) is 10.7. The lowest BCUT2D eigenvalue weighted by molar-refractivity contribution is -0.118. The van der Waals surface area contributed by atoms with Crippen LogP contribution in [0.1, 0.15) is 51.4 Å². The van der Waals surface area contributed by atoms with Crippen molar-refractivity contribution in [2.45, 2.75) is 50.8 Å². The SMILES string of the molecule is CC(CNC(=O)CS(=O)(=O)C1CC1)c1noc(-c2nn(C(C)C)c(=O)c3ccccc23)n1. The Morgan fingerprint density at radius 1 is 1.22 bits per heavy atom. The van der Waals surface area contributed by atoms with Gasteiger partial charge < -0.3 is 9.84 Å². The third kappa shape index (κ3) is 4.43. The maximum absolute atomic E-state index is 12.7. The zero-order valence-electron chi connectivity index (χ0n) is 18.1. The van der Waals surface area contributed by atoms with Crippen molar-refractivity contribution in [3.8, 4) is 11.6 Å². The Morgan fingerprint density at radius 3 is 2.56 bits per heavy atom. The number of fused-ring (bicyclic) bond motifs is 1. The highest BCUT2D eigenvalue weighted by Crippen LogP contribution is 2.29. The predicted molar refractivity (Wildman–Crippen MR) is 118 cm³/mol. The van der Waals surface area contributed by atoms with E-state index < -0.39 is 21.5 Å². The van der Waals surface area contributed by atoms with Crippen molar-refractivity contribution < 1.29 is 17.7 Å². The Morgan fingerprint density at radius 2 is 1.91 bits per heavy atom. The molecule has 0 aliphatic heterocycles. The van der Waals surface area contributed by atoms with E-state index in [1.165, 1.54) is 4.68 Å². The predicted octanol–water partition coefficient (Wildman–Crippen LogP) is 1.82. The number of nitrogens with one attached hydrogen (secondary N) is 1. The first-order valence-corrected chi connectivity index (χ1v) is 12.2. The van der Waals surface area contributed by atoms with Gasteiger partial charge in [0, 0.05) is 17.8 Å². The lowest BCUT2D eigenvalue weighted by atomic mass is 10.1. The minimum absolute atomic E-state index is 0.158. The van der Waals surface area contributed by atoms with E-state index in [1.807, 2.05) is 13.8 Å². The zero-order valence-corrected chi connectivity index (χ0v) is 18.9. The Hall–Kier alpha value is -3.08. The summed E-state index contributed by atoms with van der Waals surface area (Å²) >= 11 is 0. The number of aromatic nitrogens is 4. The summed E-state index contributed by atoms with van der Waals surface area (Å²) in [6.07, 6.45) is 1.26. The molecule has 0 radical (unpaired) electrons. The highest BCUT2D eigenvalue weighted by atomic mass is 32.2. The summed E-state index contributed by atoms with van der Waals surface area (Å²) in [5, 5.41) is 11.8. The number of sulfone groups is 1. The fraction of sp³-hybridized carbons (Fsp3) is 0.476. The maximum atomic E-state index is 12.7. The molecule has 1 N–H and O–H groups in total. The van der Waals surface area contributed by atoms with Crippen LogP contribution in [0.25, 0.3) is 22.4 Å². The zero-order chi connectivity index (χ0) is 23.0. The van der Waals surface area contributed by atoms with Gasteiger partial charge in [0.05, 0.1) is 16.7 Å². The van der Waals surface area contributed by atoms with Crippen LogP contribution in [0.5, 0.6) is 0 Å². The van der Waals surface area contributed by atoms with Crippen LogP contribution in [0.3, 0.4) is 0 Å². The molecular formula is C21H25N5O5S.